The van der Waals surface area contributed by atoms with Gasteiger partial charge in [-0.3, -0.25) is 0 Å². The van der Waals surface area contributed by atoms with Crippen LogP contribution in [0.4, 0.5) is 4.39 Å². The largest absolute Gasteiger partial charge is 0.378 e. The number of hydrogen-bond acceptors (Lipinski definition) is 2. The van der Waals surface area contributed by atoms with Crippen molar-refractivity contribution in [3.05, 3.63) is 0 Å². The second-order valence-electron chi connectivity index (χ2n) is 4.15. The standard InChI is InChI=1S/C9H17FO2/c1-9(2,3)12-8-4-5-11-6-7(8)10/h7-8H,4-6H2,1-3H3. The van der Waals surface area contributed by atoms with Gasteiger partial charge in [0.15, 0.2) is 0 Å². The van der Waals surface area contributed by atoms with Crippen molar-refractivity contribution in [1.82, 2.24) is 0 Å². The third-order valence-electron chi connectivity index (χ3n) is 1.73. The van der Waals surface area contributed by atoms with E-state index in [-0.39, 0.29) is 18.3 Å². The fourth-order valence-corrected chi connectivity index (χ4v) is 1.27. The summed E-state index contributed by atoms with van der Waals surface area (Å²) in [5.41, 5.74) is -0.258. The molecule has 1 rings (SSSR count). The van der Waals surface area contributed by atoms with Crippen molar-refractivity contribution in [2.45, 2.75) is 45.1 Å². The number of alkyl halides is 1. The van der Waals surface area contributed by atoms with E-state index in [1.54, 1.807) is 0 Å². The first-order valence-corrected chi connectivity index (χ1v) is 4.39. The van der Waals surface area contributed by atoms with E-state index >= 15 is 0 Å². The average Bonchev–Trinajstić information content (AvgIpc) is 1.91. The topological polar surface area (TPSA) is 18.5 Å². The Morgan fingerprint density at radius 2 is 2.08 bits per heavy atom. The molecule has 2 atom stereocenters. The molecule has 3 heteroatoms. The van der Waals surface area contributed by atoms with Crippen molar-refractivity contribution in [1.29, 1.82) is 0 Å². The summed E-state index contributed by atoms with van der Waals surface area (Å²) in [5.74, 6) is 0. The Labute approximate surface area is 73.0 Å². The molecule has 12 heavy (non-hydrogen) atoms. The van der Waals surface area contributed by atoms with Crippen LogP contribution in [-0.4, -0.2) is 31.1 Å². The maximum absolute atomic E-state index is 13.1. The molecule has 2 nitrogen and oxygen atoms in total. The predicted molar refractivity (Wildman–Crippen MR) is 45.0 cm³/mol. The van der Waals surface area contributed by atoms with Crippen LogP contribution in [0.15, 0.2) is 0 Å². The Hall–Kier alpha value is -0.150. The van der Waals surface area contributed by atoms with E-state index in [0.717, 1.165) is 0 Å². The van der Waals surface area contributed by atoms with E-state index in [0.29, 0.717) is 13.0 Å². The Bertz CT molecular complexity index is 142. The molecule has 0 aromatic rings. The van der Waals surface area contributed by atoms with Crippen molar-refractivity contribution < 1.29 is 13.9 Å². The number of ether oxygens (including phenoxy) is 2. The van der Waals surface area contributed by atoms with Gasteiger partial charge < -0.3 is 9.47 Å². The molecule has 0 N–H and O–H groups in total. The molecule has 1 aliphatic rings. The summed E-state index contributed by atoms with van der Waals surface area (Å²) < 4.78 is 23.6. The van der Waals surface area contributed by atoms with Crippen LogP contribution >= 0.6 is 0 Å². The highest BCUT2D eigenvalue weighted by Crippen LogP contribution is 2.20. The van der Waals surface area contributed by atoms with Gasteiger partial charge in [-0.05, 0) is 27.2 Å². The second kappa shape index (κ2) is 3.71. The predicted octanol–water partition coefficient (Wildman–Crippen LogP) is 1.93. The van der Waals surface area contributed by atoms with Gasteiger partial charge in [0.05, 0.1) is 18.3 Å². The van der Waals surface area contributed by atoms with Crippen molar-refractivity contribution in [2.75, 3.05) is 13.2 Å². The Balaban J connectivity index is 2.39. The lowest BCUT2D eigenvalue weighted by atomic mass is 10.1. The minimum absolute atomic E-state index is 0.181. The summed E-state index contributed by atoms with van der Waals surface area (Å²) in [6.07, 6.45) is -0.574. The highest BCUT2D eigenvalue weighted by Gasteiger charge is 2.29. The van der Waals surface area contributed by atoms with E-state index < -0.39 is 6.17 Å². The molecule has 1 heterocycles. The lowest BCUT2D eigenvalue weighted by Gasteiger charge is -2.32. The average molecular weight is 176 g/mol. The Morgan fingerprint density at radius 3 is 2.58 bits per heavy atom. The van der Waals surface area contributed by atoms with Crippen molar-refractivity contribution in [3.8, 4) is 0 Å². The van der Waals surface area contributed by atoms with Crippen molar-refractivity contribution >= 4 is 0 Å². The van der Waals surface area contributed by atoms with Crippen LogP contribution in [-0.2, 0) is 9.47 Å². The molecule has 0 aromatic carbocycles. The summed E-state index contributed by atoms with van der Waals surface area (Å²) >= 11 is 0. The SMILES string of the molecule is CC(C)(C)OC1CCOCC1F. The van der Waals surface area contributed by atoms with Gasteiger partial charge in [0.2, 0.25) is 0 Å². The van der Waals surface area contributed by atoms with Crippen LogP contribution in [0, 0.1) is 0 Å². The fourth-order valence-electron chi connectivity index (χ4n) is 1.27. The zero-order valence-electron chi connectivity index (χ0n) is 7.97. The van der Waals surface area contributed by atoms with Crippen LogP contribution in [0.1, 0.15) is 27.2 Å². The van der Waals surface area contributed by atoms with E-state index in [1.807, 2.05) is 20.8 Å². The minimum atomic E-state index is -0.960. The lowest BCUT2D eigenvalue weighted by Crippen LogP contribution is -2.40. The normalized spacial score (nSPS) is 32.0. The molecule has 0 aliphatic carbocycles. The molecule has 0 radical (unpaired) electrons. The summed E-state index contributed by atoms with van der Waals surface area (Å²) in [7, 11) is 0. The Kier molecular flexibility index (Phi) is 3.07. The minimum Gasteiger partial charge on any atom is -0.378 e. The summed E-state index contributed by atoms with van der Waals surface area (Å²) in [4.78, 5) is 0. The van der Waals surface area contributed by atoms with Crippen LogP contribution in [0.2, 0.25) is 0 Å². The van der Waals surface area contributed by atoms with Crippen molar-refractivity contribution in [3.63, 3.8) is 0 Å². The monoisotopic (exact) mass is 176 g/mol. The maximum atomic E-state index is 13.1. The van der Waals surface area contributed by atoms with Gasteiger partial charge in [-0.2, -0.15) is 0 Å². The summed E-state index contributed by atoms with van der Waals surface area (Å²) in [5, 5.41) is 0. The molecule has 1 aliphatic heterocycles. The van der Waals surface area contributed by atoms with Crippen LogP contribution < -0.4 is 0 Å². The van der Waals surface area contributed by atoms with Gasteiger partial charge in [-0.25, -0.2) is 4.39 Å². The number of halogens is 1. The van der Waals surface area contributed by atoms with Crippen LogP contribution in [0.5, 0.6) is 0 Å². The number of hydrogen-bond donors (Lipinski definition) is 0. The van der Waals surface area contributed by atoms with Gasteiger partial charge in [0.25, 0.3) is 0 Å². The molecule has 0 saturated carbocycles. The Morgan fingerprint density at radius 1 is 1.42 bits per heavy atom. The van der Waals surface area contributed by atoms with Gasteiger partial charge in [0, 0.05) is 6.61 Å². The van der Waals surface area contributed by atoms with E-state index in [2.05, 4.69) is 0 Å². The first-order valence-electron chi connectivity index (χ1n) is 4.39. The highest BCUT2D eigenvalue weighted by atomic mass is 19.1. The highest BCUT2D eigenvalue weighted by molar-refractivity contribution is 4.76. The van der Waals surface area contributed by atoms with E-state index in [1.165, 1.54) is 0 Å². The fraction of sp³-hybridized carbons (Fsp3) is 1.00. The third-order valence-corrected chi connectivity index (χ3v) is 1.73. The van der Waals surface area contributed by atoms with Gasteiger partial charge in [-0.1, -0.05) is 0 Å². The number of rotatable bonds is 1. The van der Waals surface area contributed by atoms with Gasteiger partial charge in [-0.15, -0.1) is 0 Å². The molecule has 72 valence electrons. The second-order valence-corrected chi connectivity index (χ2v) is 4.15. The third kappa shape index (κ3) is 3.07. The summed E-state index contributed by atoms with van der Waals surface area (Å²) in [6.45, 7) is 6.61. The molecule has 1 saturated heterocycles. The maximum Gasteiger partial charge on any atom is 0.149 e. The smallest absolute Gasteiger partial charge is 0.149 e. The first kappa shape index (κ1) is 9.93. The molecule has 0 aromatic heterocycles. The quantitative estimate of drug-likeness (QED) is 0.607. The van der Waals surface area contributed by atoms with Gasteiger partial charge >= 0.3 is 0 Å². The molecular weight excluding hydrogens is 159 g/mol. The lowest BCUT2D eigenvalue weighted by molar-refractivity contribution is -0.136. The van der Waals surface area contributed by atoms with Crippen molar-refractivity contribution in [2.24, 2.45) is 0 Å². The zero-order valence-corrected chi connectivity index (χ0v) is 7.97. The molecule has 0 spiro atoms. The molecule has 2 unspecified atom stereocenters. The summed E-state index contributed by atoms with van der Waals surface area (Å²) in [6, 6.07) is 0. The van der Waals surface area contributed by atoms with E-state index in [9.17, 15) is 4.39 Å². The van der Waals surface area contributed by atoms with Gasteiger partial charge in [0.1, 0.15) is 6.17 Å². The molecule has 1 fully saturated rings. The molecule has 0 bridgehead atoms. The first-order chi connectivity index (χ1) is 5.49. The van der Waals surface area contributed by atoms with Crippen LogP contribution in [0.25, 0.3) is 0 Å². The zero-order chi connectivity index (χ0) is 9.19. The molecular formula is C9H17FO2. The van der Waals surface area contributed by atoms with E-state index in [4.69, 9.17) is 9.47 Å². The molecule has 0 amide bonds. The van der Waals surface area contributed by atoms with Crippen LogP contribution in [0.3, 0.4) is 0 Å².